The standard InChI is InChI=1S/C20H17NO5S2/c1-25-14-9-8-13(15(11-14)26-2)10-16-18(22)21(20(27)28-16)17(19(23)24)12-6-4-3-5-7-12/h3-11,17H,1-2H3,(H,23,24)/b16-10-. The zero-order valence-corrected chi connectivity index (χ0v) is 16.8. The average Bonchev–Trinajstić information content (AvgIpc) is 2.97. The maximum absolute atomic E-state index is 13.0. The highest BCUT2D eigenvalue weighted by Crippen LogP contribution is 2.39. The number of carbonyl (C=O) groups excluding carboxylic acids is 1. The monoisotopic (exact) mass is 415 g/mol. The summed E-state index contributed by atoms with van der Waals surface area (Å²) in [6, 6.07) is 12.6. The van der Waals surface area contributed by atoms with Gasteiger partial charge in [-0.15, -0.1) is 0 Å². The van der Waals surface area contributed by atoms with Gasteiger partial charge in [0.15, 0.2) is 6.04 Å². The van der Waals surface area contributed by atoms with E-state index in [0.717, 1.165) is 16.7 Å². The Bertz CT molecular complexity index is 958. The minimum Gasteiger partial charge on any atom is -0.497 e. The molecule has 0 saturated carbocycles. The second-order valence-electron chi connectivity index (χ2n) is 5.81. The number of thioether (sulfide) groups is 1. The molecule has 0 spiro atoms. The van der Waals surface area contributed by atoms with Gasteiger partial charge in [0.05, 0.1) is 19.1 Å². The first kappa shape index (κ1) is 19.9. The van der Waals surface area contributed by atoms with Crippen LogP contribution in [0.3, 0.4) is 0 Å². The number of thiocarbonyl (C=S) groups is 1. The third kappa shape index (κ3) is 3.88. The molecule has 1 aliphatic rings. The van der Waals surface area contributed by atoms with E-state index in [9.17, 15) is 14.7 Å². The van der Waals surface area contributed by atoms with Crippen LogP contribution in [0.25, 0.3) is 6.08 Å². The number of methoxy groups -OCH3 is 2. The van der Waals surface area contributed by atoms with E-state index in [1.54, 1.807) is 61.7 Å². The van der Waals surface area contributed by atoms with Gasteiger partial charge in [-0.25, -0.2) is 4.79 Å². The molecule has 1 heterocycles. The van der Waals surface area contributed by atoms with E-state index in [-0.39, 0.29) is 4.32 Å². The third-order valence-electron chi connectivity index (χ3n) is 4.16. The van der Waals surface area contributed by atoms with Crippen molar-refractivity contribution >= 4 is 46.3 Å². The Morgan fingerprint density at radius 1 is 1.18 bits per heavy atom. The lowest BCUT2D eigenvalue weighted by Gasteiger charge is -2.23. The van der Waals surface area contributed by atoms with Crippen molar-refractivity contribution in [1.29, 1.82) is 0 Å². The number of carboxylic acid groups (broad SMARTS) is 1. The fourth-order valence-corrected chi connectivity index (χ4v) is 4.12. The molecule has 144 valence electrons. The molecule has 28 heavy (non-hydrogen) atoms. The predicted octanol–water partition coefficient (Wildman–Crippen LogP) is 3.73. The maximum atomic E-state index is 13.0. The van der Waals surface area contributed by atoms with Crippen molar-refractivity contribution in [3.63, 3.8) is 0 Å². The number of benzene rings is 2. The number of carbonyl (C=O) groups is 2. The Hall–Kier alpha value is -2.84. The van der Waals surface area contributed by atoms with Gasteiger partial charge in [-0.3, -0.25) is 9.69 Å². The van der Waals surface area contributed by atoms with Gasteiger partial charge in [0, 0.05) is 11.6 Å². The molecule has 1 aliphatic heterocycles. The van der Waals surface area contributed by atoms with Crippen LogP contribution < -0.4 is 9.47 Å². The summed E-state index contributed by atoms with van der Waals surface area (Å²) in [6.07, 6.45) is 1.64. The minimum absolute atomic E-state index is 0.194. The highest BCUT2D eigenvalue weighted by Gasteiger charge is 2.41. The van der Waals surface area contributed by atoms with Gasteiger partial charge in [-0.05, 0) is 23.8 Å². The zero-order valence-electron chi connectivity index (χ0n) is 15.1. The summed E-state index contributed by atoms with van der Waals surface area (Å²) in [5, 5.41) is 9.72. The van der Waals surface area contributed by atoms with E-state index < -0.39 is 17.9 Å². The van der Waals surface area contributed by atoms with Crippen molar-refractivity contribution < 1.29 is 24.2 Å². The second-order valence-corrected chi connectivity index (χ2v) is 7.49. The van der Waals surface area contributed by atoms with Crippen LogP contribution in [0.5, 0.6) is 11.5 Å². The number of nitrogens with zero attached hydrogens (tertiary/aromatic N) is 1. The molecule has 1 fully saturated rings. The van der Waals surface area contributed by atoms with Gasteiger partial charge in [0.25, 0.3) is 5.91 Å². The Labute approximate surface area is 171 Å². The van der Waals surface area contributed by atoms with Crippen molar-refractivity contribution in [2.24, 2.45) is 0 Å². The first-order chi connectivity index (χ1) is 13.5. The SMILES string of the molecule is COc1ccc(/C=C2\SC(=S)N(C(C(=O)O)c3ccccc3)C2=O)c(OC)c1. The average molecular weight is 415 g/mol. The van der Waals surface area contributed by atoms with Gasteiger partial charge in [-0.2, -0.15) is 0 Å². The van der Waals surface area contributed by atoms with Crippen LogP contribution in [-0.2, 0) is 9.59 Å². The van der Waals surface area contributed by atoms with Crippen LogP contribution in [0.4, 0.5) is 0 Å². The molecule has 1 N–H and O–H groups in total. The van der Waals surface area contributed by atoms with Crippen molar-refractivity contribution in [1.82, 2.24) is 4.90 Å². The molecule has 1 amide bonds. The molecule has 1 atom stereocenters. The number of carboxylic acids is 1. The van der Waals surface area contributed by atoms with Crippen molar-refractivity contribution in [2.45, 2.75) is 6.04 Å². The molecule has 8 heteroatoms. The second kappa shape index (κ2) is 8.45. The van der Waals surface area contributed by atoms with Crippen molar-refractivity contribution in [3.8, 4) is 11.5 Å². The van der Waals surface area contributed by atoms with Crippen LogP contribution in [0.15, 0.2) is 53.4 Å². The fraction of sp³-hybridized carbons (Fsp3) is 0.150. The van der Waals surface area contributed by atoms with Crippen LogP contribution in [0.1, 0.15) is 17.2 Å². The van der Waals surface area contributed by atoms with E-state index in [4.69, 9.17) is 21.7 Å². The van der Waals surface area contributed by atoms with E-state index in [1.165, 1.54) is 7.11 Å². The number of rotatable bonds is 6. The Kier molecular flexibility index (Phi) is 6.01. The van der Waals surface area contributed by atoms with Crippen LogP contribution >= 0.6 is 24.0 Å². The summed E-state index contributed by atoms with van der Waals surface area (Å²) in [5.41, 5.74) is 1.14. The molecule has 1 unspecified atom stereocenters. The smallest absolute Gasteiger partial charge is 0.331 e. The van der Waals surface area contributed by atoms with Gasteiger partial charge in [-0.1, -0.05) is 54.3 Å². The Morgan fingerprint density at radius 3 is 2.50 bits per heavy atom. The molecule has 0 radical (unpaired) electrons. The number of hydrogen-bond acceptors (Lipinski definition) is 6. The van der Waals surface area contributed by atoms with E-state index >= 15 is 0 Å². The van der Waals surface area contributed by atoms with E-state index in [2.05, 4.69) is 0 Å². The maximum Gasteiger partial charge on any atom is 0.331 e. The predicted molar refractivity (Wildman–Crippen MR) is 111 cm³/mol. The fourth-order valence-electron chi connectivity index (χ4n) is 2.82. The molecule has 2 aromatic carbocycles. The van der Waals surface area contributed by atoms with E-state index in [1.807, 2.05) is 0 Å². The molecule has 0 aliphatic carbocycles. The summed E-state index contributed by atoms with van der Waals surface area (Å²) in [4.78, 5) is 26.3. The van der Waals surface area contributed by atoms with Gasteiger partial charge < -0.3 is 14.6 Å². The summed E-state index contributed by atoms with van der Waals surface area (Å²) < 4.78 is 10.7. The van der Waals surface area contributed by atoms with Crippen molar-refractivity contribution in [3.05, 3.63) is 64.6 Å². The molecule has 3 rings (SSSR count). The normalized spacial score (nSPS) is 16.4. The number of hydrogen-bond donors (Lipinski definition) is 1. The quantitative estimate of drug-likeness (QED) is 0.569. The highest BCUT2D eigenvalue weighted by atomic mass is 32.2. The lowest BCUT2D eigenvalue weighted by Crippen LogP contribution is -2.37. The summed E-state index contributed by atoms with van der Waals surface area (Å²) in [7, 11) is 3.07. The van der Waals surface area contributed by atoms with Crippen LogP contribution in [0, 0.1) is 0 Å². The molecule has 0 bridgehead atoms. The topological polar surface area (TPSA) is 76.1 Å². The van der Waals surface area contributed by atoms with Gasteiger partial charge in [0.2, 0.25) is 0 Å². The van der Waals surface area contributed by atoms with Gasteiger partial charge >= 0.3 is 5.97 Å². The molecular weight excluding hydrogens is 398 g/mol. The summed E-state index contributed by atoms with van der Waals surface area (Å²) in [6.45, 7) is 0. The first-order valence-corrected chi connectivity index (χ1v) is 9.45. The molecule has 6 nitrogen and oxygen atoms in total. The third-order valence-corrected chi connectivity index (χ3v) is 5.49. The Morgan fingerprint density at radius 2 is 1.89 bits per heavy atom. The van der Waals surface area contributed by atoms with Gasteiger partial charge in [0.1, 0.15) is 15.8 Å². The number of ether oxygens (including phenoxy) is 2. The summed E-state index contributed by atoms with van der Waals surface area (Å²) >= 11 is 6.38. The highest BCUT2D eigenvalue weighted by molar-refractivity contribution is 8.26. The largest absolute Gasteiger partial charge is 0.497 e. The summed E-state index contributed by atoms with van der Waals surface area (Å²) in [5.74, 6) is -0.450. The molecule has 2 aromatic rings. The minimum atomic E-state index is -1.18. The lowest BCUT2D eigenvalue weighted by atomic mass is 10.1. The zero-order chi connectivity index (χ0) is 20.3. The molecule has 1 saturated heterocycles. The molecular formula is C20H17NO5S2. The number of aliphatic carboxylic acids is 1. The van der Waals surface area contributed by atoms with Crippen molar-refractivity contribution in [2.75, 3.05) is 14.2 Å². The first-order valence-electron chi connectivity index (χ1n) is 8.23. The Balaban J connectivity index is 1.97. The van der Waals surface area contributed by atoms with Crippen LogP contribution in [0.2, 0.25) is 0 Å². The van der Waals surface area contributed by atoms with Crippen LogP contribution in [-0.4, -0.2) is 40.4 Å². The lowest BCUT2D eigenvalue weighted by molar-refractivity contribution is -0.145. The number of amides is 1. The van der Waals surface area contributed by atoms with E-state index in [0.29, 0.717) is 27.5 Å². The molecule has 0 aromatic heterocycles.